The minimum atomic E-state index is -0.326. The number of ether oxygens (including phenoxy) is 3. The molecule has 9 atom stereocenters. The molecule has 4 aliphatic rings. The Balaban J connectivity index is 1.63. The molecule has 0 radical (unpaired) electrons. The van der Waals surface area contributed by atoms with E-state index in [0.29, 0.717) is 19.3 Å². The predicted octanol–water partition coefficient (Wildman–Crippen LogP) is 4.81. The zero-order valence-electron chi connectivity index (χ0n) is 22.6. The summed E-state index contributed by atoms with van der Waals surface area (Å²) in [4.78, 5) is 49.3. The minimum absolute atomic E-state index is 0.0127. The van der Waals surface area contributed by atoms with Gasteiger partial charge in [-0.25, -0.2) is 0 Å². The molecule has 0 saturated heterocycles. The summed E-state index contributed by atoms with van der Waals surface area (Å²) < 4.78 is 16.4. The van der Waals surface area contributed by atoms with Crippen LogP contribution in [0.25, 0.3) is 0 Å². The van der Waals surface area contributed by atoms with Crippen LogP contribution in [-0.2, 0) is 33.4 Å². The molecule has 4 aliphatic carbocycles. The Morgan fingerprint density at radius 3 is 2.39 bits per heavy atom. The van der Waals surface area contributed by atoms with E-state index in [4.69, 9.17) is 14.2 Å². The number of esters is 3. The zero-order valence-corrected chi connectivity index (χ0v) is 22.6. The topological polar surface area (TPSA) is 96.0 Å². The Labute approximate surface area is 214 Å². The number of ketones is 1. The van der Waals surface area contributed by atoms with E-state index in [1.807, 2.05) is 6.08 Å². The van der Waals surface area contributed by atoms with Crippen LogP contribution in [0.2, 0.25) is 0 Å². The molecule has 0 amide bonds. The largest absolute Gasteiger partial charge is 0.469 e. The lowest BCUT2D eigenvalue weighted by Gasteiger charge is -2.62. The van der Waals surface area contributed by atoms with Crippen LogP contribution < -0.4 is 0 Å². The van der Waals surface area contributed by atoms with Crippen molar-refractivity contribution in [1.82, 2.24) is 0 Å². The summed E-state index contributed by atoms with van der Waals surface area (Å²) >= 11 is 0. The molecule has 0 aromatic heterocycles. The summed E-state index contributed by atoms with van der Waals surface area (Å²) in [5.74, 6) is -0.285. The number of hydrogen-bond donors (Lipinski definition) is 0. The van der Waals surface area contributed by atoms with Crippen LogP contribution in [0.3, 0.4) is 0 Å². The number of carbonyl (C=O) groups is 4. The van der Waals surface area contributed by atoms with Crippen LogP contribution in [-0.4, -0.2) is 43.0 Å². The molecule has 0 spiro atoms. The molecular formula is C29H42O7. The highest BCUT2D eigenvalue weighted by atomic mass is 16.5. The third kappa shape index (κ3) is 4.63. The van der Waals surface area contributed by atoms with E-state index in [1.165, 1.54) is 21.0 Å². The first-order valence-electron chi connectivity index (χ1n) is 13.6. The van der Waals surface area contributed by atoms with Gasteiger partial charge in [0.25, 0.3) is 0 Å². The maximum Gasteiger partial charge on any atom is 0.305 e. The lowest BCUT2D eigenvalue weighted by atomic mass is 9.43. The number of rotatable bonds is 6. The Morgan fingerprint density at radius 2 is 1.75 bits per heavy atom. The predicted molar refractivity (Wildman–Crippen MR) is 132 cm³/mol. The van der Waals surface area contributed by atoms with Crippen molar-refractivity contribution in [2.24, 2.45) is 40.4 Å². The average molecular weight is 503 g/mol. The van der Waals surface area contributed by atoms with Gasteiger partial charge in [0.2, 0.25) is 0 Å². The van der Waals surface area contributed by atoms with E-state index in [0.717, 1.165) is 37.7 Å². The van der Waals surface area contributed by atoms with Gasteiger partial charge in [0.05, 0.1) is 7.11 Å². The number of carbonyl (C=O) groups excluding carboxylic acids is 4. The number of allylic oxidation sites excluding steroid dienone is 2. The molecule has 0 heterocycles. The Kier molecular flexibility index (Phi) is 7.42. The maximum atomic E-state index is 13.7. The van der Waals surface area contributed by atoms with E-state index in [2.05, 4.69) is 20.8 Å². The summed E-state index contributed by atoms with van der Waals surface area (Å²) in [5, 5.41) is 0. The standard InChI is InChI=1S/C29H42O7/c1-16(7-8-25(33)34-6)22-15-23(32)27-26-21(10-12-29(22,27)5)28(4)11-9-20(35-17(2)30)13-19(28)14-24(26)36-18(3)31/h15-16,19-21,24,26-27H,7-14H2,1-6H3. The summed E-state index contributed by atoms with van der Waals surface area (Å²) in [6.07, 6.45) is 7.51. The van der Waals surface area contributed by atoms with Crippen molar-refractivity contribution < 1.29 is 33.4 Å². The second-order valence-electron chi connectivity index (χ2n) is 12.2. The Bertz CT molecular complexity index is 953. The third-order valence-corrected chi connectivity index (χ3v) is 10.2. The number of fused-ring (bicyclic) bond motifs is 5. The molecule has 200 valence electrons. The fourth-order valence-electron chi connectivity index (χ4n) is 8.59. The van der Waals surface area contributed by atoms with Crippen molar-refractivity contribution in [1.29, 1.82) is 0 Å². The van der Waals surface area contributed by atoms with E-state index >= 15 is 0 Å². The highest BCUT2D eigenvalue weighted by Gasteiger charge is 2.64. The van der Waals surface area contributed by atoms with Crippen molar-refractivity contribution in [3.05, 3.63) is 11.6 Å². The van der Waals surface area contributed by atoms with Gasteiger partial charge >= 0.3 is 17.9 Å². The fourth-order valence-corrected chi connectivity index (χ4v) is 8.59. The van der Waals surface area contributed by atoms with E-state index < -0.39 is 0 Å². The molecular weight excluding hydrogens is 460 g/mol. The Hall–Kier alpha value is -2.18. The fraction of sp³-hybridized carbons (Fsp3) is 0.793. The van der Waals surface area contributed by atoms with Crippen LogP contribution in [0, 0.1) is 40.4 Å². The van der Waals surface area contributed by atoms with E-state index in [9.17, 15) is 19.2 Å². The molecule has 36 heavy (non-hydrogen) atoms. The van der Waals surface area contributed by atoms with Crippen LogP contribution in [0.4, 0.5) is 0 Å². The molecule has 7 heteroatoms. The van der Waals surface area contributed by atoms with Gasteiger partial charge in [0.15, 0.2) is 5.78 Å². The summed E-state index contributed by atoms with van der Waals surface area (Å²) in [6, 6.07) is 0. The van der Waals surface area contributed by atoms with Crippen molar-refractivity contribution in [2.75, 3.05) is 7.11 Å². The quantitative estimate of drug-likeness (QED) is 0.380. The second kappa shape index (κ2) is 9.94. The van der Waals surface area contributed by atoms with E-state index in [-0.39, 0.29) is 76.3 Å². The van der Waals surface area contributed by atoms with Crippen molar-refractivity contribution >= 4 is 23.7 Å². The molecule has 0 N–H and O–H groups in total. The Morgan fingerprint density at radius 1 is 1.06 bits per heavy atom. The van der Waals surface area contributed by atoms with Gasteiger partial charge in [-0.15, -0.1) is 0 Å². The van der Waals surface area contributed by atoms with Crippen molar-refractivity contribution in [3.8, 4) is 0 Å². The summed E-state index contributed by atoms with van der Waals surface area (Å²) in [5.41, 5.74) is 0.843. The smallest absolute Gasteiger partial charge is 0.305 e. The zero-order chi connectivity index (χ0) is 26.4. The van der Waals surface area contributed by atoms with Gasteiger partial charge in [-0.1, -0.05) is 26.3 Å². The van der Waals surface area contributed by atoms with Crippen molar-refractivity contribution in [2.45, 2.75) is 98.2 Å². The molecule has 3 saturated carbocycles. The minimum Gasteiger partial charge on any atom is -0.469 e. The van der Waals surface area contributed by atoms with Crippen molar-refractivity contribution in [3.63, 3.8) is 0 Å². The molecule has 0 aromatic rings. The molecule has 7 nitrogen and oxygen atoms in total. The van der Waals surface area contributed by atoms with Gasteiger partial charge in [-0.3, -0.25) is 19.2 Å². The lowest BCUT2D eigenvalue weighted by molar-refractivity contribution is -0.193. The summed E-state index contributed by atoms with van der Waals surface area (Å²) in [6.45, 7) is 9.55. The first kappa shape index (κ1) is 26.9. The second-order valence-corrected chi connectivity index (χ2v) is 12.2. The maximum absolute atomic E-state index is 13.7. The number of methoxy groups -OCH3 is 1. The SMILES string of the molecule is COC(=O)CCC(C)C1=CC(=O)C2C3C(OC(C)=O)CC4CC(OC(C)=O)CCC4(C)C3CCC12C. The molecule has 0 aliphatic heterocycles. The molecule has 3 fully saturated rings. The number of hydrogen-bond acceptors (Lipinski definition) is 7. The molecule has 0 aromatic carbocycles. The highest BCUT2D eigenvalue weighted by molar-refractivity contribution is 5.97. The molecule has 9 unspecified atom stereocenters. The summed E-state index contributed by atoms with van der Waals surface area (Å²) in [7, 11) is 1.40. The van der Waals surface area contributed by atoms with Gasteiger partial charge in [-0.05, 0) is 79.6 Å². The first-order valence-corrected chi connectivity index (χ1v) is 13.6. The van der Waals surface area contributed by atoms with E-state index in [1.54, 1.807) is 0 Å². The van der Waals surface area contributed by atoms with Gasteiger partial charge < -0.3 is 14.2 Å². The normalized spacial score (nSPS) is 40.2. The molecule has 0 bridgehead atoms. The first-order chi connectivity index (χ1) is 16.9. The van der Waals surface area contributed by atoms with Gasteiger partial charge in [0.1, 0.15) is 12.2 Å². The van der Waals surface area contributed by atoms with Crippen LogP contribution in [0.15, 0.2) is 11.6 Å². The lowest BCUT2D eigenvalue weighted by Crippen LogP contribution is -2.60. The molecule has 4 rings (SSSR count). The van der Waals surface area contributed by atoms with Crippen LogP contribution >= 0.6 is 0 Å². The third-order valence-electron chi connectivity index (χ3n) is 10.2. The van der Waals surface area contributed by atoms with Gasteiger partial charge in [-0.2, -0.15) is 0 Å². The van der Waals surface area contributed by atoms with Crippen LogP contribution in [0.1, 0.15) is 86.0 Å². The van der Waals surface area contributed by atoms with Crippen LogP contribution in [0.5, 0.6) is 0 Å². The monoisotopic (exact) mass is 502 g/mol. The average Bonchev–Trinajstić information content (AvgIpc) is 3.08. The highest BCUT2D eigenvalue weighted by Crippen LogP contribution is 2.67. The van der Waals surface area contributed by atoms with Gasteiger partial charge in [0, 0.05) is 32.1 Å².